The fraction of sp³-hybridized carbons (Fsp3) is 0.857. The summed E-state index contributed by atoms with van der Waals surface area (Å²) in [6, 6.07) is 0.861. The predicted molar refractivity (Wildman–Crippen MR) is 114 cm³/mol. The van der Waals surface area contributed by atoms with Crippen LogP contribution in [0.5, 0.6) is 0 Å². The predicted octanol–water partition coefficient (Wildman–Crippen LogP) is -0.542. The van der Waals surface area contributed by atoms with E-state index in [0.29, 0.717) is 12.1 Å². The normalized spacial score (nSPS) is 31.0. The van der Waals surface area contributed by atoms with Crippen LogP contribution in [0.2, 0.25) is 0 Å². The van der Waals surface area contributed by atoms with Crippen molar-refractivity contribution in [3.63, 3.8) is 0 Å². The second-order valence-electron chi connectivity index (χ2n) is 9.44. The van der Waals surface area contributed by atoms with Gasteiger partial charge in [0, 0.05) is 27.3 Å². The summed E-state index contributed by atoms with van der Waals surface area (Å²) >= 11 is -0.00563. The molecule has 0 aromatic heterocycles. The summed E-state index contributed by atoms with van der Waals surface area (Å²) in [7, 11) is 1.45. The molecule has 0 aliphatic carbocycles. The van der Waals surface area contributed by atoms with E-state index < -0.39 is 0 Å². The summed E-state index contributed by atoms with van der Waals surface area (Å²) in [5.41, 5.74) is 1.70. The van der Waals surface area contributed by atoms with E-state index in [1.165, 1.54) is 10.0 Å². The third-order valence-corrected chi connectivity index (χ3v) is 10.2. The van der Waals surface area contributed by atoms with Crippen molar-refractivity contribution in [2.75, 3.05) is 31.3 Å². The number of methoxy groups -OCH3 is 1. The summed E-state index contributed by atoms with van der Waals surface area (Å²) in [5, 5.41) is 3.78. The SMILES string of the molecule is [CH2-]CCN1CCN([C@H]2CC(B3OC(C)(C)C(C)(C)O3)=C([C@H](C)OC)N[C@H]2C)[I-]C1.[Cd]. The third-order valence-electron chi connectivity index (χ3n) is 6.87. The number of alkyl halides is 1. The van der Waals surface area contributed by atoms with Gasteiger partial charge in [0.1, 0.15) is 0 Å². The zero-order valence-corrected chi connectivity index (χ0v) is 26.2. The average molecular weight is 632 g/mol. The van der Waals surface area contributed by atoms with Crippen LogP contribution in [0.4, 0.5) is 0 Å². The Labute approximate surface area is 215 Å². The van der Waals surface area contributed by atoms with Crippen molar-refractivity contribution in [1.29, 1.82) is 0 Å². The second kappa shape index (κ2) is 11.0. The molecule has 0 spiro atoms. The molecule has 30 heavy (non-hydrogen) atoms. The van der Waals surface area contributed by atoms with Gasteiger partial charge in [-0.3, -0.25) is 0 Å². The molecular formula is C21H39BCdIN3O3-2. The summed E-state index contributed by atoms with van der Waals surface area (Å²) in [6.45, 7) is 20.3. The molecule has 3 aliphatic rings. The topological polar surface area (TPSA) is 46.2 Å². The molecule has 1 N–H and O–H groups in total. The van der Waals surface area contributed by atoms with E-state index in [1.807, 2.05) is 0 Å². The first-order valence-electron chi connectivity index (χ1n) is 10.8. The Hall–Kier alpha value is 1.06. The van der Waals surface area contributed by atoms with E-state index >= 15 is 0 Å². The van der Waals surface area contributed by atoms with Crippen LogP contribution >= 0.6 is 0 Å². The van der Waals surface area contributed by atoms with Gasteiger partial charge in [0.2, 0.25) is 0 Å². The molecule has 3 heterocycles. The van der Waals surface area contributed by atoms with Crippen LogP contribution in [0.3, 0.4) is 0 Å². The monoisotopic (exact) mass is 633 g/mol. The van der Waals surface area contributed by atoms with Crippen LogP contribution in [0.15, 0.2) is 11.2 Å². The number of nitrogens with zero attached hydrogens (tertiary/aromatic N) is 2. The molecule has 0 aromatic rings. The van der Waals surface area contributed by atoms with E-state index in [2.05, 4.69) is 61.8 Å². The molecule has 0 radical (unpaired) electrons. The van der Waals surface area contributed by atoms with Crippen LogP contribution in [-0.2, 0) is 41.3 Å². The Morgan fingerprint density at radius 3 is 2.40 bits per heavy atom. The maximum atomic E-state index is 6.45. The van der Waals surface area contributed by atoms with Gasteiger partial charge in [0.25, 0.3) is 0 Å². The van der Waals surface area contributed by atoms with Crippen molar-refractivity contribution in [2.45, 2.75) is 83.8 Å². The molecule has 0 amide bonds. The maximum Gasteiger partial charge on any atom is 0 e. The quantitative estimate of drug-likeness (QED) is 0.106. The minimum atomic E-state index is -0.336. The maximum absolute atomic E-state index is 6.45. The smallest absolute Gasteiger partial charge is 0 e. The fourth-order valence-corrected chi connectivity index (χ4v) is 7.39. The summed E-state index contributed by atoms with van der Waals surface area (Å²) in [5.74, 6) is 0. The molecule has 0 saturated carbocycles. The number of ether oxygens (including phenoxy) is 1. The Balaban J connectivity index is 0.00000320. The van der Waals surface area contributed by atoms with E-state index in [1.54, 1.807) is 7.11 Å². The van der Waals surface area contributed by atoms with Gasteiger partial charge in [-0.05, 0) is 0 Å². The first kappa shape index (κ1) is 27.3. The van der Waals surface area contributed by atoms with Crippen LogP contribution in [0, 0.1) is 6.92 Å². The molecule has 9 heteroatoms. The van der Waals surface area contributed by atoms with Gasteiger partial charge >= 0.3 is 189 Å². The molecule has 2 fully saturated rings. The number of hydrogen-bond acceptors (Lipinski definition) is 6. The molecule has 2 saturated heterocycles. The first-order valence-corrected chi connectivity index (χ1v) is 13.3. The number of nitrogens with one attached hydrogen (secondary N) is 1. The van der Waals surface area contributed by atoms with Crippen LogP contribution in [-0.4, -0.2) is 75.8 Å². The average Bonchev–Trinajstić information content (AvgIpc) is 2.89. The van der Waals surface area contributed by atoms with Gasteiger partial charge < -0.3 is 0 Å². The molecule has 0 unspecified atom stereocenters. The minimum Gasteiger partial charge on any atom is 0 e. The van der Waals surface area contributed by atoms with Gasteiger partial charge in [-0.15, -0.1) is 0 Å². The van der Waals surface area contributed by atoms with Gasteiger partial charge in [-0.1, -0.05) is 0 Å². The summed E-state index contributed by atoms with van der Waals surface area (Å²) < 4.78 is 22.6. The van der Waals surface area contributed by atoms with E-state index in [-0.39, 0.29) is 73.2 Å². The van der Waals surface area contributed by atoms with Crippen molar-refractivity contribution < 1.29 is 62.8 Å². The summed E-state index contributed by atoms with van der Waals surface area (Å²) in [6.07, 6.45) is 1.97. The molecule has 3 aliphatic heterocycles. The van der Waals surface area contributed by atoms with Crippen molar-refractivity contribution in [3.8, 4) is 0 Å². The molecule has 170 valence electrons. The molecule has 0 aromatic carbocycles. The molecular weight excluding hydrogens is 592 g/mol. The van der Waals surface area contributed by atoms with Crippen molar-refractivity contribution in [3.05, 3.63) is 18.1 Å². The Bertz CT molecular complexity index is 598. The molecule has 3 atom stereocenters. The Morgan fingerprint density at radius 1 is 1.27 bits per heavy atom. The number of hydrogen-bond donors (Lipinski definition) is 1. The van der Waals surface area contributed by atoms with Gasteiger partial charge in [0.15, 0.2) is 0 Å². The van der Waals surface area contributed by atoms with Crippen LogP contribution in [0.25, 0.3) is 0 Å². The second-order valence-corrected chi connectivity index (χ2v) is 12.0. The Morgan fingerprint density at radius 2 is 1.90 bits per heavy atom. The number of halogens is 1. The standard InChI is InChI=1S/C21H39BIN3O3.Cd/c1-9-10-25-11-12-26(23-14-25)18-13-17(19(16(3)27-8)24-15(18)2)22-28-20(4,5)21(6,7)29-22;/h15-16,18,24H,1,9-14H2,2-8H3;/q-2;/t15-,16-,18-;/m0./s1. The van der Waals surface area contributed by atoms with E-state index in [0.717, 1.165) is 38.2 Å². The molecule has 0 bridgehead atoms. The van der Waals surface area contributed by atoms with Crippen molar-refractivity contribution in [1.82, 2.24) is 13.3 Å². The third kappa shape index (κ3) is 5.75. The Kier molecular flexibility index (Phi) is 10.0. The van der Waals surface area contributed by atoms with Gasteiger partial charge in [0.05, 0.1) is 0 Å². The molecule has 6 nitrogen and oxygen atoms in total. The minimum absolute atomic E-state index is 0. The van der Waals surface area contributed by atoms with E-state index in [9.17, 15) is 0 Å². The first-order chi connectivity index (χ1) is 13.6. The number of rotatable bonds is 6. The largest absolute Gasteiger partial charge is 0 e. The zero-order chi connectivity index (χ0) is 21.4. The van der Waals surface area contributed by atoms with Crippen LogP contribution in [0.1, 0.15) is 54.4 Å². The zero-order valence-electron chi connectivity index (χ0n) is 20.0. The van der Waals surface area contributed by atoms with E-state index in [4.69, 9.17) is 14.0 Å². The van der Waals surface area contributed by atoms with Gasteiger partial charge in [-0.2, -0.15) is 0 Å². The molecule has 3 rings (SSSR count). The summed E-state index contributed by atoms with van der Waals surface area (Å²) in [4.78, 5) is 2.57. The fourth-order valence-electron chi connectivity index (χ4n) is 4.14. The van der Waals surface area contributed by atoms with Gasteiger partial charge in [-0.25, -0.2) is 0 Å². The van der Waals surface area contributed by atoms with Crippen molar-refractivity contribution in [2.24, 2.45) is 0 Å². The van der Waals surface area contributed by atoms with Crippen molar-refractivity contribution >= 4 is 7.12 Å². The van der Waals surface area contributed by atoms with Crippen LogP contribution < -0.4 is 26.8 Å².